The Bertz CT molecular complexity index is 508. The minimum absolute atomic E-state index is 0.428. The molecule has 0 aliphatic rings. The number of hydrogen-bond acceptors (Lipinski definition) is 3. The largest absolute Gasteiger partial charge is 0.381 e. The third-order valence-corrected chi connectivity index (χ3v) is 3.32. The first kappa shape index (κ1) is 10.7. The van der Waals surface area contributed by atoms with Crippen LogP contribution in [0.3, 0.4) is 0 Å². The van der Waals surface area contributed by atoms with Gasteiger partial charge in [-0.1, -0.05) is 37.0 Å². The van der Waals surface area contributed by atoms with Crippen molar-refractivity contribution in [1.29, 1.82) is 0 Å². The summed E-state index contributed by atoms with van der Waals surface area (Å²) >= 11 is 6.87. The lowest BCUT2D eigenvalue weighted by Crippen LogP contribution is -1.87. The van der Waals surface area contributed by atoms with Crippen molar-refractivity contribution in [2.45, 2.75) is 6.92 Å². The fourth-order valence-electron chi connectivity index (χ4n) is 1.27. The first-order chi connectivity index (χ1) is 7.09. The summed E-state index contributed by atoms with van der Waals surface area (Å²) < 4.78 is 7.12. The molecule has 0 unspecified atom stereocenters. The second-order valence-electron chi connectivity index (χ2n) is 3.15. The highest BCUT2D eigenvalue weighted by atomic mass is 79.9. The third kappa shape index (κ3) is 1.94. The first-order valence-electron chi connectivity index (χ1n) is 4.26. The Morgan fingerprint density at radius 1 is 1.33 bits per heavy atom. The smallest absolute Gasteiger partial charge is 0.173 e. The molecule has 78 valence electrons. The Kier molecular flexibility index (Phi) is 2.84. The molecule has 0 amide bonds. The van der Waals surface area contributed by atoms with Crippen LogP contribution in [0.5, 0.6) is 0 Å². The molecule has 0 spiro atoms. The molecular weight excluding hydrogens is 324 g/mol. The topological polar surface area (TPSA) is 52.0 Å². The highest BCUT2D eigenvalue weighted by Crippen LogP contribution is 2.34. The van der Waals surface area contributed by atoms with Crippen LogP contribution in [0.25, 0.3) is 11.3 Å². The van der Waals surface area contributed by atoms with Gasteiger partial charge in [0.1, 0.15) is 0 Å². The number of benzene rings is 1. The highest BCUT2D eigenvalue weighted by molar-refractivity contribution is 9.11. The van der Waals surface area contributed by atoms with Gasteiger partial charge in [-0.05, 0) is 25.1 Å². The molecule has 0 aliphatic carbocycles. The van der Waals surface area contributed by atoms with Crippen molar-refractivity contribution < 1.29 is 4.52 Å². The molecule has 3 nitrogen and oxygen atoms in total. The quantitative estimate of drug-likeness (QED) is 0.865. The van der Waals surface area contributed by atoms with Crippen molar-refractivity contribution >= 4 is 37.7 Å². The normalized spacial score (nSPS) is 10.6. The molecule has 1 aromatic heterocycles. The van der Waals surface area contributed by atoms with E-state index >= 15 is 0 Å². The van der Waals surface area contributed by atoms with E-state index in [9.17, 15) is 0 Å². The van der Waals surface area contributed by atoms with Gasteiger partial charge in [-0.2, -0.15) is 0 Å². The van der Waals surface area contributed by atoms with Gasteiger partial charge in [0.05, 0.1) is 0 Å². The maximum Gasteiger partial charge on any atom is 0.173 e. The summed E-state index contributed by atoms with van der Waals surface area (Å²) in [5, 5.41) is 3.73. The molecule has 15 heavy (non-hydrogen) atoms. The highest BCUT2D eigenvalue weighted by Gasteiger charge is 2.14. The van der Waals surface area contributed by atoms with E-state index in [1.165, 1.54) is 0 Å². The van der Waals surface area contributed by atoms with Crippen LogP contribution in [0.15, 0.2) is 31.7 Å². The fourth-order valence-corrected chi connectivity index (χ4v) is 2.06. The zero-order chi connectivity index (χ0) is 11.0. The minimum Gasteiger partial charge on any atom is -0.381 e. The number of nitrogen functional groups attached to an aromatic ring is 1. The molecule has 0 fully saturated rings. The van der Waals surface area contributed by atoms with Crippen molar-refractivity contribution in [3.05, 3.63) is 32.7 Å². The second-order valence-corrected chi connectivity index (χ2v) is 4.92. The Labute approximate surface area is 104 Å². The molecule has 2 rings (SSSR count). The van der Waals surface area contributed by atoms with E-state index in [1.54, 1.807) is 0 Å². The number of aromatic nitrogens is 1. The lowest BCUT2D eigenvalue weighted by Gasteiger charge is -2.01. The average molecular weight is 332 g/mol. The summed E-state index contributed by atoms with van der Waals surface area (Å²) in [4.78, 5) is 0. The lowest BCUT2D eigenvalue weighted by molar-refractivity contribution is 0.435. The van der Waals surface area contributed by atoms with Gasteiger partial charge < -0.3 is 10.3 Å². The van der Waals surface area contributed by atoms with Crippen LogP contribution in [-0.4, -0.2) is 5.16 Å². The molecule has 0 atom stereocenters. The van der Waals surface area contributed by atoms with Gasteiger partial charge in [-0.25, -0.2) is 0 Å². The van der Waals surface area contributed by atoms with Crippen LogP contribution in [0, 0.1) is 6.92 Å². The van der Waals surface area contributed by atoms with Gasteiger partial charge in [0.2, 0.25) is 0 Å². The summed E-state index contributed by atoms with van der Waals surface area (Å²) in [5.41, 5.74) is 7.43. The van der Waals surface area contributed by atoms with Gasteiger partial charge in [-0.3, -0.25) is 0 Å². The molecule has 1 aromatic carbocycles. The molecule has 2 aromatic rings. The van der Waals surface area contributed by atoms with E-state index < -0.39 is 0 Å². The second kappa shape index (κ2) is 3.98. The number of halogens is 2. The summed E-state index contributed by atoms with van der Waals surface area (Å²) in [5.74, 6) is 1.12. The Hall–Kier alpha value is -0.810. The number of hydrogen-bond donors (Lipinski definition) is 1. The summed E-state index contributed by atoms with van der Waals surface area (Å²) in [6.07, 6.45) is 0. The third-order valence-electron chi connectivity index (χ3n) is 2.13. The van der Waals surface area contributed by atoms with Crippen LogP contribution in [0.4, 0.5) is 5.82 Å². The maximum atomic E-state index is 5.63. The van der Waals surface area contributed by atoms with Gasteiger partial charge in [0.25, 0.3) is 0 Å². The summed E-state index contributed by atoms with van der Waals surface area (Å²) in [6, 6.07) is 5.84. The molecular formula is C10H8Br2N2O. The van der Waals surface area contributed by atoms with E-state index in [0.717, 1.165) is 20.1 Å². The monoisotopic (exact) mass is 330 g/mol. The minimum atomic E-state index is 0.428. The van der Waals surface area contributed by atoms with Crippen LogP contribution < -0.4 is 5.73 Å². The fraction of sp³-hybridized carbons (Fsp3) is 0.100. The zero-order valence-corrected chi connectivity index (χ0v) is 11.1. The van der Waals surface area contributed by atoms with Crippen molar-refractivity contribution in [3.8, 4) is 11.3 Å². The van der Waals surface area contributed by atoms with E-state index in [-0.39, 0.29) is 0 Å². The molecule has 0 aliphatic heterocycles. The molecule has 0 saturated carbocycles. The zero-order valence-electron chi connectivity index (χ0n) is 7.92. The van der Waals surface area contributed by atoms with Crippen LogP contribution in [0.2, 0.25) is 0 Å². The van der Waals surface area contributed by atoms with Crippen molar-refractivity contribution in [1.82, 2.24) is 5.16 Å². The van der Waals surface area contributed by atoms with E-state index in [2.05, 4.69) is 37.0 Å². The van der Waals surface area contributed by atoms with Gasteiger partial charge >= 0.3 is 0 Å². The van der Waals surface area contributed by atoms with Crippen LogP contribution in [0.1, 0.15) is 5.56 Å². The Morgan fingerprint density at radius 2 is 2.07 bits per heavy atom. The number of nitrogens with zero attached hydrogens (tertiary/aromatic N) is 1. The number of rotatable bonds is 1. The maximum absolute atomic E-state index is 5.63. The Morgan fingerprint density at radius 3 is 2.67 bits per heavy atom. The lowest BCUT2D eigenvalue weighted by atomic mass is 10.1. The van der Waals surface area contributed by atoms with E-state index in [0.29, 0.717) is 11.6 Å². The average Bonchev–Trinajstić information content (AvgIpc) is 2.52. The first-order valence-corrected chi connectivity index (χ1v) is 5.85. The van der Waals surface area contributed by atoms with Gasteiger partial charge in [-0.15, -0.1) is 0 Å². The van der Waals surface area contributed by atoms with Crippen LogP contribution in [-0.2, 0) is 0 Å². The molecule has 1 heterocycles. The predicted octanol–water partition coefficient (Wildman–Crippen LogP) is 3.76. The molecule has 0 bridgehead atoms. The number of anilines is 1. The van der Waals surface area contributed by atoms with E-state index in [1.807, 2.05) is 25.1 Å². The van der Waals surface area contributed by atoms with Crippen LogP contribution >= 0.6 is 31.9 Å². The summed E-state index contributed by atoms with van der Waals surface area (Å²) in [7, 11) is 0. The molecule has 0 saturated heterocycles. The summed E-state index contributed by atoms with van der Waals surface area (Å²) in [6.45, 7) is 1.88. The molecule has 0 radical (unpaired) electrons. The van der Waals surface area contributed by atoms with Crippen molar-refractivity contribution in [2.75, 3.05) is 5.73 Å². The van der Waals surface area contributed by atoms with Crippen molar-refractivity contribution in [2.24, 2.45) is 0 Å². The predicted molar refractivity (Wildman–Crippen MR) is 66.5 cm³/mol. The van der Waals surface area contributed by atoms with Gasteiger partial charge in [0, 0.05) is 20.1 Å². The SMILES string of the molecule is Cc1c(N)noc1-c1cc(Br)ccc1Br. The van der Waals surface area contributed by atoms with Gasteiger partial charge in [0.15, 0.2) is 11.6 Å². The number of nitrogens with two attached hydrogens (primary N) is 1. The Balaban J connectivity index is 2.63. The molecule has 5 heteroatoms. The van der Waals surface area contributed by atoms with Crippen molar-refractivity contribution in [3.63, 3.8) is 0 Å². The van der Waals surface area contributed by atoms with E-state index in [4.69, 9.17) is 10.3 Å². The standard InChI is InChI=1S/C10H8Br2N2O/c1-5-9(15-14-10(5)13)7-4-6(11)2-3-8(7)12/h2-4H,1H3,(H2,13,14). The molecule has 2 N–H and O–H groups in total.